The average molecular weight is 458 g/mol. The number of hydrogen-bond acceptors (Lipinski definition) is 4. The van der Waals surface area contributed by atoms with Crippen LogP contribution in [0.5, 0.6) is 0 Å². The molecule has 8 atom stereocenters. The van der Waals surface area contributed by atoms with Gasteiger partial charge in [0, 0.05) is 12.0 Å². The highest BCUT2D eigenvalue weighted by Gasteiger charge is 2.62. The van der Waals surface area contributed by atoms with Crippen LogP contribution in [0.2, 0.25) is 0 Å². The molecule has 188 valence electrons. The van der Waals surface area contributed by atoms with Crippen LogP contribution in [0.25, 0.3) is 0 Å². The monoisotopic (exact) mass is 457 g/mol. The Morgan fingerprint density at radius 1 is 0.818 bits per heavy atom. The van der Waals surface area contributed by atoms with Crippen LogP contribution in [0.3, 0.4) is 0 Å². The average Bonchev–Trinajstić information content (AvgIpc) is 3.48. The molecule has 0 aromatic carbocycles. The van der Waals surface area contributed by atoms with Gasteiger partial charge in [0.05, 0.1) is 17.4 Å². The predicted molar refractivity (Wildman–Crippen MR) is 135 cm³/mol. The molecule has 4 aliphatic carbocycles. The quantitative estimate of drug-likeness (QED) is 0.522. The van der Waals surface area contributed by atoms with Crippen LogP contribution in [0, 0.1) is 35.0 Å². The summed E-state index contributed by atoms with van der Waals surface area (Å²) in [6, 6.07) is 0.349. The molecule has 4 nitrogen and oxygen atoms in total. The lowest BCUT2D eigenvalue weighted by molar-refractivity contribution is -0.296. The molecule has 1 spiro atoms. The second-order valence-electron chi connectivity index (χ2n) is 14.0. The number of nitrogens with one attached hydrogen (secondary N) is 1. The van der Waals surface area contributed by atoms with E-state index in [-0.39, 0.29) is 17.4 Å². The second-order valence-corrected chi connectivity index (χ2v) is 14.0. The van der Waals surface area contributed by atoms with Gasteiger partial charge in [0.25, 0.3) is 0 Å². The maximum absolute atomic E-state index is 7.50. The minimum absolute atomic E-state index is 0.0334. The van der Waals surface area contributed by atoms with Gasteiger partial charge in [-0.15, -0.1) is 0 Å². The fraction of sp³-hybridized carbons (Fsp3) is 1.00. The van der Waals surface area contributed by atoms with E-state index in [0.717, 1.165) is 43.1 Å². The van der Waals surface area contributed by atoms with E-state index in [0.29, 0.717) is 17.4 Å². The maximum atomic E-state index is 7.50. The molecule has 0 aromatic rings. The Morgan fingerprint density at radius 2 is 1.61 bits per heavy atom. The van der Waals surface area contributed by atoms with E-state index in [1.165, 1.54) is 96.3 Å². The maximum Gasteiger partial charge on any atom is 0.0733 e. The lowest BCUT2D eigenvalue weighted by Gasteiger charge is -2.64. The smallest absolute Gasteiger partial charge is 0.0733 e. The van der Waals surface area contributed by atoms with Gasteiger partial charge in [-0.05, 0) is 126 Å². The lowest BCUT2D eigenvalue weighted by atomic mass is 9.53. The van der Waals surface area contributed by atoms with Gasteiger partial charge >= 0.3 is 0 Å². The van der Waals surface area contributed by atoms with E-state index in [1.54, 1.807) is 0 Å². The van der Waals surface area contributed by atoms with Crippen LogP contribution in [-0.2, 0) is 4.74 Å². The molecule has 3 saturated heterocycles. The summed E-state index contributed by atoms with van der Waals surface area (Å²) in [5.74, 6) is 3.74. The summed E-state index contributed by atoms with van der Waals surface area (Å²) < 4.78 is 7.50. The van der Waals surface area contributed by atoms with Gasteiger partial charge in [-0.3, -0.25) is 0 Å². The van der Waals surface area contributed by atoms with Crippen molar-refractivity contribution in [2.45, 2.75) is 139 Å². The molecule has 33 heavy (non-hydrogen) atoms. The van der Waals surface area contributed by atoms with E-state index in [9.17, 15) is 0 Å². The largest absolute Gasteiger partial charge is 0.368 e. The molecule has 0 aromatic heterocycles. The molecule has 7 rings (SSSR count). The molecule has 7 aliphatic rings. The summed E-state index contributed by atoms with van der Waals surface area (Å²) in [6.45, 7) is 3.62. The van der Waals surface area contributed by atoms with Crippen molar-refractivity contribution >= 4 is 0 Å². The summed E-state index contributed by atoms with van der Waals surface area (Å²) in [4.78, 5) is 0. The minimum Gasteiger partial charge on any atom is -0.368 e. The fourth-order valence-corrected chi connectivity index (χ4v) is 10.4. The van der Waals surface area contributed by atoms with Crippen molar-refractivity contribution in [2.75, 3.05) is 6.54 Å². The van der Waals surface area contributed by atoms with E-state index in [2.05, 4.69) is 12.2 Å². The molecule has 5 N–H and O–H groups in total. The molecule has 4 saturated carbocycles. The van der Waals surface area contributed by atoms with Crippen molar-refractivity contribution in [2.24, 2.45) is 46.5 Å². The molecule has 2 bridgehead atoms. The predicted octanol–water partition coefficient (Wildman–Crippen LogP) is 5.48. The summed E-state index contributed by atoms with van der Waals surface area (Å²) >= 11 is 0. The van der Waals surface area contributed by atoms with Crippen LogP contribution in [0.4, 0.5) is 0 Å². The van der Waals surface area contributed by atoms with E-state index >= 15 is 0 Å². The van der Waals surface area contributed by atoms with Gasteiger partial charge in [0.1, 0.15) is 0 Å². The number of hydrogen-bond donors (Lipinski definition) is 3. The first-order chi connectivity index (χ1) is 15.9. The third-order valence-electron chi connectivity index (χ3n) is 12.0. The highest BCUT2D eigenvalue weighted by atomic mass is 16.5. The van der Waals surface area contributed by atoms with Crippen molar-refractivity contribution < 1.29 is 4.74 Å². The first kappa shape index (κ1) is 23.3. The molecule has 4 heteroatoms. The molecule has 3 heterocycles. The zero-order valence-corrected chi connectivity index (χ0v) is 21.3. The molecule has 8 unspecified atom stereocenters. The Bertz CT molecular complexity index is 693. The summed E-state index contributed by atoms with van der Waals surface area (Å²) in [5.41, 5.74) is 13.8. The van der Waals surface area contributed by atoms with Crippen molar-refractivity contribution in [1.82, 2.24) is 5.32 Å². The molecular formula is C29H51N3O. The van der Waals surface area contributed by atoms with Crippen LogP contribution in [-0.4, -0.2) is 30.0 Å². The Morgan fingerprint density at radius 3 is 2.30 bits per heavy atom. The second kappa shape index (κ2) is 8.75. The van der Waals surface area contributed by atoms with E-state index < -0.39 is 0 Å². The Hall–Kier alpha value is -0.160. The van der Waals surface area contributed by atoms with E-state index in [1.807, 2.05) is 0 Å². The van der Waals surface area contributed by atoms with Gasteiger partial charge < -0.3 is 21.5 Å². The lowest BCUT2D eigenvalue weighted by Crippen LogP contribution is -2.69. The number of nitrogens with two attached hydrogens (primary N) is 2. The van der Waals surface area contributed by atoms with Crippen molar-refractivity contribution in [3.05, 3.63) is 0 Å². The first-order valence-electron chi connectivity index (χ1n) is 14.8. The van der Waals surface area contributed by atoms with Gasteiger partial charge in [0.15, 0.2) is 0 Å². The molecule has 0 radical (unpaired) electrons. The van der Waals surface area contributed by atoms with Gasteiger partial charge in [-0.2, -0.15) is 0 Å². The molecule has 0 amide bonds. The van der Waals surface area contributed by atoms with Crippen molar-refractivity contribution in [3.63, 3.8) is 0 Å². The number of fused-ring (bicyclic) bond motifs is 3. The van der Waals surface area contributed by atoms with Crippen molar-refractivity contribution in [3.8, 4) is 0 Å². The normalized spacial score (nSPS) is 50.3. The van der Waals surface area contributed by atoms with Crippen molar-refractivity contribution in [1.29, 1.82) is 0 Å². The molecule has 3 aliphatic heterocycles. The summed E-state index contributed by atoms with van der Waals surface area (Å²) in [5, 5.41) is 3.57. The van der Waals surface area contributed by atoms with Gasteiger partial charge in [0.2, 0.25) is 0 Å². The number of rotatable bonds is 4. The first-order valence-corrected chi connectivity index (χ1v) is 14.8. The van der Waals surface area contributed by atoms with Gasteiger partial charge in [-0.1, -0.05) is 25.7 Å². The zero-order valence-electron chi connectivity index (χ0n) is 21.3. The molecular weight excluding hydrogens is 406 g/mol. The highest BCUT2D eigenvalue weighted by molar-refractivity contribution is 5.13. The van der Waals surface area contributed by atoms with Gasteiger partial charge in [-0.25, -0.2) is 0 Å². The SMILES string of the molecule is CC1(C2CCCC2)OC2(C3CC(CC4CCC(N)NC4)CC4(CCCC4)C3)CCC1C(N)C2. The Labute approximate surface area is 202 Å². The zero-order chi connectivity index (χ0) is 22.7. The van der Waals surface area contributed by atoms with Crippen LogP contribution in [0.1, 0.15) is 116 Å². The van der Waals surface area contributed by atoms with Crippen LogP contribution >= 0.6 is 0 Å². The standard InChI is InChI=1S/C29H51N3O/c1-27(22-6-2-3-7-22)24-10-13-29(33-27,18-25(24)30)23-15-21(14-20-8-9-26(31)32-19-20)16-28(17-23)11-4-5-12-28/h20-26,32H,2-19,30-31H2,1H3. The molecule has 7 fully saturated rings. The Kier molecular flexibility index (Phi) is 6.16. The number of ether oxygens (including phenoxy) is 1. The highest BCUT2D eigenvalue weighted by Crippen LogP contribution is 2.63. The fourth-order valence-electron chi connectivity index (χ4n) is 10.4. The topological polar surface area (TPSA) is 73.3 Å². The summed E-state index contributed by atoms with van der Waals surface area (Å²) in [7, 11) is 0. The number of piperidine rings is 1. The Balaban J connectivity index is 1.25. The van der Waals surface area contributed by atoms with E-state index in [4.69, 9.17) is 16.2 Å². The van der Waals surface area contributed by atoms with Crippen LogP contribution < -0.4 is 16.8 Å². The summed E-state index contributed by atoms with van der Waals surface area (Å²) in [6.07, 6.45) is 23.5. The minimum atomic E-state index is 0.0334. The third-order valence-corrected chi connectivity index (χ3v) is 12.0. The van der Waals surface area contributed by atoms with Crippen LogP contribution in [0.15, 0.2) is 0 Å². The third kappa shape index (κ3) is 4.13.